The molecule has 0 aliphatic heterocycles. The van der Waals surface area contributed by atoms with E-state index in [1.165, 1.54) is 0 Å². The van der Waals surface area contributed by atoms with Gasteiger partial charge in [0.15, 0.2) is 0 Å². The quantitative estimate of drug-likeness (QED) is 0.610. The van der Waals surface area contributed by atoms with Crippen LogP contribution in [0.5, 0.6) is 5.75 Å². The van der Waals surface area contributed by atoms with Crippen molar-refractivity contribution in [2.75, 3.05) is 14.2 Å². The van der Waals surface area contributed by atoms with Gasteiger partial charge >= 0.3 is 0 Å². The molecular weight excluding hydrogens is 250 g/mol. The number of oxime groups is 1. The Morgan fingerprint density at radius 2 is 1.65 bits per heavy atom. The fourth-order valence-electron chi connectivity index (χ4n) is 1.78. The Morgan fingerprint density at radius 3 is 2.25 bits per heavy atom. The summed E-state index contributed by atoms with van der Waals surface area (Å²) in [5.41, 5.74) is 2.85. The maximum atomic E-state index is 5.15. The van der Waals surface area contributed by atoms with Gasteiger partial charge in [-0.25, -0.2) is 0 Å². The first-order chi connectivity index (χ1) is 9.83. The first-order valence-corrected chi connectivity index (χ1v) is 6.32. The van der Waals surface area contributed by atoms with Crippen molar-refractivity contribution < 1.29 is 9.57 Å². The second kappa shape index (κ2) is 7.14. The molecule has 0 N–H and O–H groups in total. The second-order valence-corrected chi connectivity index (χ2v) is 4.13. The number of methoxy groups -OCH3 is 1. The molecule has 0 amide bonds. The maximum absolute atomic E-state index is 5.15. The predicted octanol–water partition coefficient (Wildman–Crippen LogP) is 3.76. The second-order valence-electron chi connectivity index (χ2n) is 4.13. The average Bonchev–Trinajstić information content (AvgIpc) is 2.52. The minimum Gasteiger partial charge on any atom is -0.497 e. The highest BCUT2D eigenvalue weighted by atomic mass is 16.6. The lowest BCUT2D eigenvalue weighted by atomic mass is 10.1. The van der Waals surface area contributed by atoms with Gasteiger partial charge in [0.1, 0.15) is 18.6 Å². The number of rotatable bonds is 5. The van der Waals surface area contributed by atoms with Gasteiger partial charge in [-0.2, -0.15) is 0 Å². The van der Waals surface area contributed by atoms with Crippen LogP contribution in [0, 0.1) is 0 Å². The van der Waals surface area contributed by atoms with Crippen LogP contribution in [0.2, 0.25) is 0 Å². The highest BCUT2D eigenvalue weighted by molar-refractivity contribution is 6.10. The molecule has 0 unspecified atom stereocenters. The zero-order valence-electron chi connectivity index (χ0n) is 11.6. The maximum Gasteiger partial charge on any atom is 0.118 e. The van der Waals surface area contributed by atoms with Crippen molar-refractivity contribution in [1.82, 2.24) is 0 Å². The third-order valence-electron chi connectivity index (χ3n) is 2.81. The Kier molecular flexibility index (Phi) is 4.95. The molecule has 2 rings (SSSR count). The lowest BCUT2D eigenvalue weighted by Gasteiger charge is -2.03. The van der Waals surface area contributed by atoms with Crippen molar-refractivity contribution in [3.63, 3.8) is 0 Å². The summed E-state index contributed by atoms with van der Waals surface area (Å²) >= 11 is 0. The molecule has 0 aromatic heterocycles. The SMILES string of the molecule is CO/N=C(/C=C/c1ccccc1)c1ccc(OC)cc1. The lowest BCUT2D eigenvalue weighted by Crippen LogP contribution is -1.97. The molecule has 2 aromatic carbocycles. The van der Waals surface area contributed by atoms with Gasteiger partial charge in [0.05, 0.1) is 7.11 Å². The number of hydrogen-bond acceptors (Lipinski definition) is 3. The van der Waals surface area contributed by atoms with E-state index in [1.54, 1.807) is 14.2 Å². The molecule has 2 aromatic rings. The van der Waals surface area contributed by atoms with Gasteiger partial charge < -0.3 is 9.57 Å². The van der Waals surface area contributed by atoms with Gasteiger partial charge in [0, 0.05) is 5.56 Å². The first-order valence-electron chi connectivity index (χ1n) is 6.32. The standard InChI is InChI=1S/C17H17NO2/c1-19-16-11-9-15(10-12-16)17(18-20-2)13-8-14-6-4-3-5-7-14/h3-13H,1-2H3/b13-8+,18-17-. The van der Waals surface area contributed by atoms with E-state index in [-0.39, 0.29) is 0 Å². The van der Waals surface area contributed by atoms with Crippen molar-refractivity contribution in [3.8, 4) is 5.75 Å². The molecule has 0 aliphatic rings. The van der Waals surface area contributed by atoms with Crippen molar-refractivity contribution in [2.24, 2.45) is 5.16 Å². The highest BCUT2D eigenvalue weighted by Gasteiger charge is 2.01. The van der Waals surface area contributed by atoms with Gasteiger partial charge in [-0.1, -0.05) is 41.6 Å². The Morgan fingerprint density at radius 1 is 0.950 bits per heavy atom. The molecule has 0 aliphatic carbocycles. The van der Waals surface area contributed by atoms with E-state index < -0.39 is 0 Å². The predicted molar refractivity (Wildman–Crippen MR) is 82.0 cm³/mol. The van der Waals surface area contributed by atoms with Crippen molar-refractivity contribution in [1.29, 1.82) is 0 Å². The molecule has 0 atom stereocenters. The number of hydrogen-bond donors (Lipinski definition) is 0. The molecule has 3 nitrogen and oxygen atoms in total. The summed E-state index contributed by atoms with van der Waals surface area (Å²) in [5.74, 6) is 0.817. The summed E-state index contributed by atoms with van der Waals surface area (Å²) < 4.78 is 5.15. The summed E-state index contributed by atoms with van der Waals surface area (Å²) in [7, 11) is 3.19. The number of benzene rings is 2. The zero-order valence-corrected chi connectivity index (χ0v) is 11.6. The minimum atomic E-state index is 0.763. The molecule has 3 heteroatoms. The van der Waals surface area contributed by atoms with E-state index in [0.717, 1.165) is 22.6 Å². The van der Waals surface area contributed by atoms with Gasteiger partial charge in [-0.3, -0.25) is 0 Å². The first kappa shape index (κ1) is 13.9. The summed E-state index contributed by atoms with van der Waals surface area (Å²) in [4.78, 5) is 4.91. The van der Waals surface area contributed by atoms with Gasteiger partial charge in [-0.15, -0.1) is 0 Å². The van der Waals surface area contributed by atoms with Crippen molar-refractivity contribution >= 4 is 11.8 Å². The summed E-state index contributed by atoms with van der Waals surface area (Å²) in [6.07, 6.45) is 3.93. The monoisotopic (exact) mass is 267 g/mol. The van der Waals surface area contributed by atoms with E-state index in [9.17, 15) is 0 Å². The fraction of sp³-hybridized carbons (Fsp3) is 0.118. The summed E-state index contributed by atoms with van der Waals surface area (Å²) in [6.45, 7) is 0. The smallest absolute Gasteiger partial charge is 0.118 e. The van der Waals surface area contributed by atoms with Crippen LogP contribution in [0.25, 0.3) is 6.08 Å². The summed E-state index contributed by atoms with van der Waals surface area (Å²) in [6, 6.07) is 17.8. The van der Waals surface area contributed by atoms with E-state index >= 15 is 0 Å². The molecule has 20 heavy (non-hydrogen) atoms. The van der Waals surface area contributed by atoms with Crippen LogP contribution in [0.3, 0.4) is 0 Å². The Balaban J connectivity index is 2.23. The van der Waals surface area contributed by atoms with E-state index in [4.69, 9.17) is 9.57 Å². The molecule has 0 heterocycles. The molecule has 0 saturated heterocycles. The number of ether oxygens (including phenoxy) is 1. The minimum absolute atomic E-state index is 0.763. The Bertz CT molecular complexity index is 586. The van der Waals surface area contributed by atoms with E-state index in [1.807, 2.05) is 66.7 Å². The van der Waals surface area contributed by atoms with Crippen LogP contribution in [-0.4, -0.2) is 19.9 Å². The fourth-order valence-corrected chi connectivity index (χ4v) is 1.78. The van der Waals surface area contributed by atoms with Crippen molar-refractivity contribution in [2.45, 2.75) is 0 Å². The third kappa shape index (κ3) is 3.72. The van der Waals surface area contributed by atoms with Crippen molar-refractivity contribution in [3.05, 3.63) is 71.8 Å². The number of nitrogens with zero attached hydrogens (tertiary/aromatic N) is 1. The molecule has 102 valence electrons. The van der Waals surface area contributed by atoms with E-state index in [0.29, 0.717) is 0 Å². The Labute approximate surface area is 119 Å². The van der Waals surface area contributed by atoms with Crippen LogP contribution in [0.1, 0.15) is 11.1 Å². The average molecular weight is 267 g/mol. The van der Waals surface area contributed by atoms with Crippen LogP contribution in [0.4, 0.5) is 0 Å². The molecule has 0 spiro atoms. The normalized spacial score (nSPS) is 11.6. The summed E-state index contributed by atoms with van der Waals surface area (Å²) in [5, 5.41) is 4.05. The topological polar surface area (TPSA) is 30.8 Å². The molecule has 0 bridgehead atoms. The highest BCUT2D eigenvalue weighted by Crippen LogP contribution is 2.13. The molecule has 0 radical (unpaired) electrons. The van der Waals surface area contributed by atoms with E-state index in [2.05, 4.69) is 5.16 Å². The number of allylic oxidation sites excluding steroid dienone is 1. The molecular formula is C17H17NO2. The van der Waals surface area contributed by atoms with Gasteiger partial charge in [-0.05, 0) is 35.9 Å². The third-order valence-corrected chi connectivity index (χ3v) is 2.81. The van der Waals surface area contributed by atoms with Crippen LogP contribution < -0.4 is 4.74 Å². The van der Waals surface area contributed by atoms with Gasteiger partial charge in [0.2, 0.25) is 0 Å². The largest absolute Gasteiger partial charge is 0.497 e. The van der Waals surface area contributed by atoms with Crippen LogP contribution in [0.15, 0.2) is 65.8 Å². The molecule has 0 saturated carbocycles. The Hall–Kier alpha value is -2.55. The lowest BCUT2D eigenvalue weighted by molar-refractivity contribution is 0.214. The molecule has 0 fully saturated rings. The van der Waals surface area contributed by atoms with Crippen LogP contribution in [-0.2, 0) is 4.84 Å². The zero-order chi connectivity index (χ0) is 14.2. The van der Waals surface area contributed by atoms with Gasteiger partial charge in [0.25, 0.3) is 0 Å². The van der Waals surface area contributed by atoms with Crippen LogP contribution >= 0.6 is 0 Å².